The standard InChI is InChI=1S/C27H37N5O4S/c1-18-6-7-23-13-21(8-9-22(23)12-18)20(3)27(36)29-11-5-4-10-28-24(33)15-31-26(35)16-32-25(34)14-30-19(2)17-37/h6-9,12-13,20,30,37H,2,4-5,10-11,14-17H2,1,3H3,(H,28,33)(H,29,36)(H,31,35)(H,32,34)/t20-/m0/s1. The van der Waals surface area contributed by atoms with Gasteiger partial charge in [0.05, 0.1) is 25.6 Å². The lowest BCUT2D eigenvalue weighted by Crippen LogP contribution is -2.43. The number of amides is 4. The van der Waals surface area contributed by atoms with Gasteiger partial charge in [0.25, 0.3) is 0 Å². The number of rotatable bonds is 15. The van der Waals surface area contributed by atoms with Crippen LogP contribution in [0.5, 0.6) is 0 Å². The molecule has 0 saturated heterocycles. The Kier molecular flexibility index (Phi) is 12.5. The molecule has 9 nitrogen and oxygen atoms in total. The predicted molar refractivity (Wildman–Crippen MR) is 149 cm³/mol. The van der Waals surface area contributed by atoms with Crippen molar-refractivity contribution in [2.24, 2.45) is 0 Å². The number of nitrogens with one attached hydrogen (secondary N) is 5. The minimum atomic E-state index is -0.463. The Morgan fingerprint density at radius 3 is 1.97 bits per heavy atom. The van der Waals surface area contributed by atoms with Gasteiger partial charge in [-0.2, -0.15) is 12.6 Å². The van der Waals surface area contributed by atoms with Gasteiger partial charge >= 0.3 is 0 Å². The van der Waals surface area contributed by atoms with Gasteiger partial charge in [-0.3, -0.25) is 19.2 Å². The molecular formula is C27H37N5O4S. The summed E-state index contributed by atoms with van der Waals surface area (Å²) in [5, 5.41) is 15.6. The summed E-state index contributed by atoms with van der Waals surface area (Å²) in [5.74, 6) is -1.04. The zero-order chi connectivity index (χ0) is 27.2. The van der Waals surface area contributed by atoms with Gasteiger partial charge in [-0.05, 0) is 43.0 Å². The largest absolute Gasteiger partial charge is 0.379 e. The van der Waals surface area contributed by atoms with Gasteiger partial charge in [0.1, 0.15) is 0 Å². The summed E-state index contributed by atoms with van der Waals surface area (Å²) in [5.41, 5.74) is 2.78. The van der Waals surface area contributed by atoms with Crippen LogP contribution in [0.3, 0.4) is 0 Å². The van der Waals surface area contributed by atoms with Crippen LogP contribution < -0.4 is 26.6 Å². The van der Waals surface area contributed by atoms with Crippen LogP contribution in [-0.4, -0.2) is 62.1 Å². The first-order valence-corrected chi connectivity index (χ1v) is 12.9. The van der Waals surface area contributed by atoms with Crippen molar-refractivity contribution in [3.05, 3.63) is 59.8 Å². The maximum absolute atomic E-state index is 12.5. The third-order valence-electron chi connectivity index (χ3n) is 5.72. The van der Waals surface area contributed by atoms with E-state index in [-0.39, 0.29) is 43.3 Å². The molecule has 5 N–H and O–H groups in total. The van der Waals surface area contributed by atoms with E-state index < -0.39 is 5.91 Å². The Balaban J connectivity index is 1.55. The number of hydrogen-bond acceptors (Lipinski definition) is 6. The molecular weight excluding hydrogens is 490 g/mol. The summed E-state index contributed by atoms with van der Waals surface area (Å²) in [4.78, 5) is 47.8. The fourth-order valence-corrected chi connectivity index (χ4v) is 3.57. The van der Waals surface area contributed by atoms with Crippen LogP contribution in [0.15, 0.2) is 48.7 Å². The number of hydrogen-bond donors (Lipinski definition) is 6. The lowest BCUT2D eigenvalue weighted by molar-refractivity contribution is -0.127. The number of thiol groups is 1. The molecule has 0 unspecified atom stereocenters. The Labute approximate surface area is 223 Å². The molecule has 2 rings (SSSR count). The second-order valence-electron chi connectivity index (χ2n) is 8.85. The Morgan fingerprint density at radius 1 is 0.784 bits per heavy atom. The molecule has 0 fully saturated rings. The molecule has 4 amide bonds. The van der Waals surface area contributed by atoms with Crippen molar-refractivity contribution in [1.29, 1.82) is 0 Å². The first-order valence-electron chi connectivity index (χ1n) is 12.3. The van der Waals surface area contributed by atoms with E-state index in [1.807, 2.05) is 19.1 Å². The molecule has 200 valence electrons. The highest BCUT2D eigenvalue weighted by atomic mass is 32.1. The van der Waals surface area contributed by atoms with E-state index in [9.17, 15) is 19.2 Å². The normalized spacial score (nSPS) is 11.3. The van der Waals surface area contributed by atoms with Gasteiger partial charge in [-0.15, -0.1) is 0 Å². The summed E-state index contributed by atoms with van der Waals surface area (Å²) in [6, 6.07) is 12.4. The first-order chi connectivity index (χ1) is 17.7. The second kappa shape index (κ2) is 15.6. The van der Waals surface area contributed by atoms with Crippen molar-refractivity contribution in [1.82, 2.24) is 26.6 Å². The van der Waals surface area contributed by atoms with Gasteiger partial charge < -0.3 is 26.6 Å². The lowest BCUT2D eigenvalue weighted by Gasteiger charge is -2.14. The van der Waals surface area contributed by atoms with Crippen molar-refractivity contribution in [2.75, 3.05) is 38.5 Å². The van der Waals surface area contributed by atoms with E-state index in [1.165, 1.54) is 5.56 Å². The van der Waals surface area contributed by atoms with Crippen LogP contribution in [0.1, 0.15) is 36.8 Å². The van der Waals surface area contributed by atoms with Crippen LogP contribution in [0, 0.1) is 6.92 Å². The second-order valence-corrected chi connectivity index (χ2v) is 9.16. The topological polar surface area (TPSA) is 128 Å². The number of carbonyl (C=O) groups is 4. The molecule has 0 heterocycles. The summed E-state index contributed by atoms with van der Waals surface area (Å²) < 4.78 is 0. The van der Waals surface area contributed by atoms with Crippen molar-refractivity contribution in [3.63, 3.8) is 0 Å². The number of aryl methyl sites for hydroxylation is 1. The van der Waals surface area contributed by atoms with E-state index >= 15 is 0 Å². The third kappa shape index (κ3) is 10.9. The summed E-state index contributed by atoms with van der Waals surface area (Å²) in [7, 11) is 0. The quantitative estimate of drug-likeness (QED) is 0.155. The fraction of sp³-hybridized carbons (Fsp3) is 0.407. The first kappa shape index (κ1) is 29.7. The fourth-order valence-electron chi connectivity index (χ4n) is 3.45. The highest BCUT2D eigenvalue weighted by Gasteiger charge is 2.15. The van der Waals surface area contributed by atoms with Crippen LogP contribution >= 0.6 is 12.6 Å². The molecule has 0 aliphatic carbocycles. The van der Waals surface area contributed by atoms with E-state index in [2.05, 4.69) is 77.0 Å². The molecule has 0 saturated carbocycles. The predicted octanol–water partition coefficient (Wildman–Crippen LogP) is 1.53. The van der Waals surface area contributed by atoms with Gasteiger partial charge in [0.2, 0.25) is 23.6 Å². The molecule has 37 heavy (non-hydrogen) atoms. The van der Waals surface area contributed by atoms with E-state index in [1.54, 1.807) is 0 Å². The van der Waals surface area contributed by atoms with Crippen LogP contribution in [-0.2, 0) is 19.2 Å². The lowest BCUT2D eigenvalue weighted by atomic mass is 9.96. The molecule has 0 aromatic heterocycles. The van der Waals surface area contributed by atoms with Gasteiger partial charge in [0.15, 0.2) is 0 Å². The van der Waals surface area contributed by atoms with E-state index in [4.69, 9.17) is 0 Å². The minimum absolute atomic E-state index is 0.00426. The number of fused-ring (bicyclic) bond motifs is 1. The molecule has 0 bridgehead atoms. The molecule has 0 radical (unpaired) electrons. The average molecular weight is 528 g/mol. The summed E-state index contributed by atoms with van der Waals surface area (Å²) >= 11 is 4.02. The SMILES string of the molecule is C=C(CS)NCC(=O)NCC(=O)NCC(=O)NCCCCNC(=O)[C@@H](C)c1ccc2cc(C)ccc2c1. The van der Waals surface area contributed by atoms with Crippen molar-refractivity contribution < 1.29 is 19.2 Å². The highest BCUT2D eigenvalue weighted by Crippen LogP contribution is 2.22. The van der Waals surface area contributed by atoms with Gasteiger partial charge in [-0.1, -0.05) is 48.5 Å². The maximum Gasteiger partial charge on any atom is 0.239 e. The zero-order valence-electron chi connectivity index (χ0n) is 21.5. The maximum atomic E-state index is 12.5. The smallest absolute Gasteiger partial charge is 0.239 e. The van der Waals surface area contributed by atoms with Crippen molar-refractivity contribution >= 4 is 47.0 Å². The molecule has 10 heteroatoms. The Hall–Kier alpha value is -3.53. The van der Waals surface area contributed by atoms with Gasteiger partial charge in [-0.25, -0.2) is 0 Å². The molecule has 2 aromatic rings. The Bertz CT molecular complexity index is 1120. The zero-order valence-corrected chi connectivity index (χ0v) is 22.4. The van der Waals surface area contributed by atoms with Gasteiger partial charge in [0, 0.05) is 24.5 Å². The van der Waals surface area contributed by atoms with Crippen LogP contribution in [0.25, 0.3) is 10.8 Å². The Morgan fingerprint density at radius 2 is 1.32 bits per heavy atom. The van der Waals surface area contributed by atoms with Crippen LogP contribution in [0.2, 0.25) is 0 Å². The molecule has 0 aliphatic heterocycles. The monoisotopic (exact) mass is 527 g/mol. The third-order valence-corrected chi connectivity index (χ3v) is 6.10. The molecule has 0 aliphatic rings. The van der Waals surface area contributed by atoms with E-state index in [0.717, 1.165) is 16.3 Å². The van der Waals surface area contributed by atoms with E-state index in [0.29, 0.717) is 37.4 Å². The summed E-state index contributed by atoms with van der Waals surface area (Å²) in [6.45, 7) is 8.14. The highest BCUT2D eigenvalue weighted by molar-refractivity contribution is 7.80. The average Bonchev–Trinajstić information content (AvgIpc) is 2.90. The van der Waals surface area contributed by atoms with Crippen molar-refractivity contribution in [2.45, 2.75) is 32.6 Å². The van der Waals surface area contributed by atoms with Crippen molar-refractivity contribution in [3.8, 4) is 0 Å². The molecule has 2 aromatic carbocycles. The number of carbonyl (C=O) groups excluding carboxylic acids is 4. The number of benzene rings is 2. The van der Waals surface area contributed by atoms with Crippen LogP contribution in [0.4, 0.5) is 0 Å². The molecule has 0 spiro atoms. The minimum Gasteiger partial charge on any atom is -0.379 e. The molecule has 1 atom stereocenters. The number of unbranched alkanes of at least 4 members (excludes halogenated alkanes) is 1. The summed E-state index contributed by atoms with van der Waals surface area (Å²) in [6.07, 6.45) is 1.39.